The van der Waals surface area contributed by atoms with Gasteiger partial charge in [0.1, 0.15) is 5.75 Å². The topological polar surface area (TPSA) is 37.3 Å². The molecule has 0 heterocycles. The highest BCUT2D eigenvalue weighted by atomic mass is 16.3. The third-order valence-electron chi connectivity index (χ3n) is 2.79. The Labute approximate surface area is 97.3 Å². The number of hydrogen-bond donors (Lipinski definition) is 1. The van der Waals surface area contributed by atoms with Crippen LogP contribution in [0.3, 0.4) is 0 Å². The van der Waals surface area contributed by atoms with Crippen molar-refractivity contribution in [2.45, 2.75) is 46.5 Å². The van der Waals surface area contributed by atoms with E-state index >= 15 is 0 Å². The molecule has 2 heteroatoms. The van der Waals surface area contributed by atoms with Gasteiger partial charge in [0, 0.05) is 6.42 Å². The quantitative estimate of drug-likeness (QED) is 0.773. The summed E-state index contributed by atoms with van der Waals surface area (Å²) in [6, 6.07) is 3.81. The highest BCUT2D eigenvalue weighted by Gasteiger charge is 2.23. The van der Waals surface area contributed by atoms with Gasteiger partial charge in [0.2, 0.25) is 0 Å². The first-order valence-electron chi connectivity index (χ1n) is 5.65. The molecule has 0 radical (unpaired) electrons. The van der Waals surface area contributed by atoms with Gasteiger partial charge in [0.05, 0.1) is 5.56 Å². The monoisotopic (exact) mass is 220 g/mol. The molecule has 0 saturated carbocycles. The predicted octanol–water partition coefficient (Wildman–Crippen LogP) is 3.59. The number of benzene rings is 1. The Bertz CT molecular complexity index is 411. The standard InChI is InChI=1S/C14H20O2/c1-6-11(15)12-9(2)7-8-10(13(12)16)14(3,4)5/h7-8,16H,6H2,1-5H3. The molecule has 0 aliphatic carbocycles. The van der Waals surface area contributed by atoms with Gasteiger partial charge in [0.25, 0.3) is 0 Å². The lowest BCUT2D eigenvalue weighted by atomic mass is 9.83. The number of aromatic hydroxyl groups is 1. The van der Waals surface area contributed by atoms with Crippen LogP contribution in [0.2, 0.25) is 0 Å². The van der Waals surface area contributed by atoms with Gasteiger partial charge in [-0.15, -0.1) is 0 Å². The second-order valence-electron chi connectivity index (χ2n) is 5.18. The summed E-state index contributed by atoms with van der Waals surface area (Å²) in [5, 5.41) is 10.2. The van der Waals surface area contributed by atoms with Gasteiger partial charge in [-0.05, 0) is 23.5 Å². The van der Waals surface area contributed by atoms with Gasteiger partial charge in [-0.25, -0.2) is 0 Å². The van der Waals surface area contributed by atoms with Crippen LogP contribution in [0.1, 0.15) is 55.6 Å². The van der Waals surface area contributed by atoms with Crippen molar-refractivity contribution < 1.29 is 9.90 Å². The summed E-state index contributed by atoms with van der Waals surface area (Å²) in [5.74, 6) is 0.153. The maximum atomic E-state index is 11.8. The lowest BCUT2D eigenvalue weighted by molar-refractivity contribution is 0.0984. The Morgan fingerprint density at radius 1 is 1.31 bits per heavy atom. The highest BCUT2D eigenvalue weighted by Crippen LogP contribution is 2.35. The summed E-state index contributed by atoms with van der Waals surface area (Å²) in [4.78, 5) is 11.8. The van der Waals surface area contributed by atoms with Crippen molar-refractivity contribution in [2.24, 2.45) is 0 Å². The van der Waals surface area contributed by atoms with E-state index in [0.29, 0.717) is 12.0 Å². The van der Waals surface area contributed by atoms with E-state index in [1.807, 2.05) is 46.8 Å². The number of phenolic OH excluding ortho intramolecular Hbond substituents is 1. The first kappa shape index (κ1) is 12.8. The number of hydrogen-bond acceptors (Lipinski definition) is 2. The van der Waals surface area contributed by atoms with Gasteiger partial charge in [0.15, 0.2) is 5.78 Å². The molecule has 16 heavy (non-hydrogen) atoms. The smallest absolute Gasteiger partial charge is 0.166 e. The van der Waals surface area contributed by atoms with Crippen molar-refractivity contribution in [3.05, 3.63) is 28.8 Å². The Balaban J connectivity index is 3.45. The summed E-state index contributed by atoms with van der Waals surface area (Å²) in [6.07, 6.45) is 0.419. The van der Waals surface area contributed by atoms with Gasteiger partial charge in [-0.1, -0.05) is 39.8 Å². The van der Waals surface area contributed by atoms with E-state index in [9.17, 15) is 9.90 Å². The van der Waals surface area contributed by atoms with E-state index in [1.54, 1.807) is 0 Å². The second kappa shape index (κ2) is 4.28. The minimum Gasteiger partial charge on any atom is -0.507 e. The summed E-state index contributed by atoms with van der Waals surface area (Å²) < 4.78 is 0. The van der Waals surface area contributed by atoms with Gasteiger partial charge in [-0.2, -0.15) is 0 Å². The van der Waals surface area contributed by atoms with Crippen LogP contribution in [0.4, 0.5) is 0 Å². The fourth-order valence-corrected chi connectivity index (χ4v) is 1.83. The van der Waals surface area contributed by atoms with Crippen LogP contribution in [0.25, 0.3) is 0 Å². The fraction of sp³-hybridized carbons (Fsp3) is 0.500. The maximum absolute atomic E-state index is 11.8. The zero-order chi connectivity index (χ0) is 12.5. The molecule has 0 atom stereocenters. The van der Waals surface area contributed by atoms with Crippen LogP contribution in [-0.2, 0) is 5.41 Å². The molecule has 0 saturated heterocycles. The Morgan fingerprint density at radius 2 is 1.88 bits per heavy atom. The molecule has 0 aliphatic rings. The third kappa shape index (κ3) is 2.26. The van der Waals surface area contributed by atoms with Crippen LogP contribution in [0.15, 0.2) is 12.1 Å². The van der Waals surface area contributed by atoms with Crippen molar-refractivity contribution in [3.63, 3.8) is 0 Å². The van der Waals surface area contributed by atoms with Crippen molar-refractivity contribution in [1.82, 2.24) is 0 Å². The molecule has 1 aromatic rings. The Morgan fingerprint density at radius 3 is 2.31 bits per heavy atom. The van der Waals surface area contributed by atoms with Crippen LogP contribution in [-0.4, -0.2) is 10.9 Å². The number of carbonyl (C=O) groups excluding carboxylic acids is 1. The molecule has 1 aromatic carbocycles. The number of ketones is 1. The molecule has 1 rings (SSSR count). The molecule has 1 N–H and O–H groups in total. The maximum Gasteiger partial charge on any atom is 0.166 e. The number of Topliss-reactive ketones (excluding diaryl/α,β-unsaturated/α-hetero) is 1. The van der Waals surface area contributed by atoms with E-state index in [4.69, 9.17) is 0 Å². The molecule has 2 nitrogen and oxygen atoms in total. The minimum atomic E-state index is -0.152. The van der Waals surface area contributed by atoms with Crippen molar-refractivity contribution in [2.75, 3.05) is 0 Å². The summed E-state index contributed by atoms with van der Waals surface area (Å²) >= 11 is 0. The van der Waals surface area contributed by atoms with Gasteiger partial charge < -0.3 is 5.11 Å². The molecule has 0 spiro atoms. The van der Waals surface area contributed by atoms with Crippen LogP contribution >= 0.6 is 0 Å². The van der Waals surface area contributed by atoms with E-state index in [-0.39, 0.29) is 16.9 Å². The second-order valence-corrected chi connectivity index (χ2v) is 5.18. The molecule has 0 fully saturated rings. The SMILES string of the molecule is CCC(=O)c1c(C)ccc(C(C)(C)C)c1O. The van der Waals surface area contributed by atoms with Crippen LogP contribution in [0.5, 0.6) is 5.75 Å². The molecule has 0 bridgehead atoms. The largest absolute Gasteiger partial charge is 0.507 e. The van der Waals surface area contributed by atoms with E-state index < -0.39 is 0 Å². The zero-order valence-electron chi connectivity index (χ0n) is 10.7. The fourth-order valence-electron chi connectivity index (χ4n) is 1.83. The average molecular weight is 220 g/mol. The average Bonchev–Trinajstić information content (AvgIpc) is 2.15. The Kier molecular flexibility index (Phi) is 3.41. The van der Waals surface area contributed by atoms with E-state index in [0.717, 1.165) is 11.1 Å². The first-order valence-corrected chi connectivity index (χ1v) is 5.65. The molecule has 88 valence electrons. The molecule has 0 aliphatic heterocycles. The molecular formula is C14H20O2. The molecule has 0 amide bonds. The third-order valence-corrected chi connectivity index (χ3v) is 2.79. The van der Waals surface area contributed by atoms with Crippen molar-refractivity contribution in [1.29, 1.82) is 0 Å². The van der Waals surface area contributed by atoms with Gasteiger partial charge in [-0.3, -0.25) is 4.79 Å². The number of phenols is 1. The summed E-state index contributed by atoms with van der Waals surface area (Å²) in [6.45, 7) is 9.74. The normalized spacial score (nSPS) is 11.6. The first-order chi connectivity index (χ1) is 7.29. The van der Waals surface area contributed by atoms with Crippen LogP contribution in [0, 0.1) is 6.92 Å². The molecule has 0 aromatic heterocycles. The van der Waals surface area contributed by atoms with Gasteiger partial charge >= 0.3 is 0 Å². The summed E-state index contributed by atoms with van der Waals surface area (Å²) in [5.41, 5.74) is 2.00. The summed E-state index contributed by atoms with van der Waals surface area (Å²) in [7, 11) is 0. The molecule has 0 unspecified atom stereocenters. The lowest BCUT2D eigenvalue weighted by Gasteiger charge is -2.22. The van der Waals surface area contributed by atoms with E-state index in [2.05, 4.69) is 0 Å². The lowest BCUT2D eigenvalue weighted by Crippen LogP contribution is -2.13. The Hall–Kier alpha value is -1.31. The van der Waals surface area contributed by atoms with Crippen molar-refractivity contribution >= 4 is 5.78 Å². The van der Waals surface area contributed by atoms with Crippen LogP contribution < -0.4 is 0 Å². The number of carbonyl (C=O) groups is 1. The highest BCUT2D eigenvalue weighted by molar-refractivity contribution is 6.00. The predicted molar refractivity (Wildman–Crippen MR) is 66.2 cm³/mol. The van der Waals surface area contributed by atoms with Crippen molar-refractivity contribution in [3.8, 4) is 5.75 Å². The number of rotatable bonds is 2. The van der Waals surface area contributed by atoms with E-state index in [1.165, 1.54) is 0 Å². The number of aryl methyl sites for hydroxylation is 1. The zero-order valence-corrected chi connectivity index (χ0v) is 10.7. The molecular weight excluding hydrogens is 200 g/mol. The minimum absolute atomic E-state index is 0.00102.